The van der Waals surface area contributed by atoms with Crippen LogP contribution >= 0.6 is 0 Å². The zero-order valence-corrected chi connectivity index (χ0v) is 20.0. The quantitative estimate of drug-likeness (QED) is 0.438. The van der Waals surface area contributed by atoms with Gasteiger partial charge in [-0.15, -0.1) is 0 Å². The van der Waals surface area contributed by atoms with E-state index in [2.05, 4.69) is 17.1 Å². The van der Waals surface area contributed by atoms with E-state index in [4.69, 9.17) is 10.2 Å². The molecule has 9 nitrogen and oxygen atoms in total. The Kier molecular flexibility index (Phi) is 7.70. The van der Waals surface area contributed by atoms with Gasteiger partial charge in [0.1, 0.15) is 0 Å². The Labute approximate surface area is 209 Å². The zero-order valence-electron chi connectivity index (χ0n) is 20.0. The van der Waals surface area contributed by atoms with Gasteiger partial charge in [-0.05, 0) is 48.2 Å². The molecule has 3 amide bonds. The Balaban J connectivity index is 1.56. The molecule has 2 heterocycles. The van der Waals surface area contributed by atoms with Gasteiger partial charge in [-0.25, -0.2) is 4.79 Å². The largest absolute Gasteiger partial charge is 0.481 e. The van der Waals surface area contributed by atoms with Crippen molar-refractivity contribution in [2.24, 2.45) is 11.7 Å². The summed E-state index contributed by atoms with van der Waals surface area (Å²) in [5.41, 5.74) is 7.14. The fourth-order valence-electron chi connectivity index (χ4n) is 4.89. The molecule has 0 radical (unpaired) electrons. The van der Waals surface area contributed by atoms with Crippen LogP contribution in [0.3, 0.4) is 0 Å². The van der Waals surface area contributed by atoms with Crippen molar-refractivity contribution in [1.82, 2.24) is 4.90 Å². The predicted octanol–water partition coefficient (Wildman–Crippen LogP) is 4.00. The van der Waals surface area contributed by atoms with Gasteiger partial charge in [0.15, 0.2) is 5.76 Å². The lowest BCUT2D eigenvalue weighted by atomic mass is 9.90. The lowest BCUT2D eigenvalue weighted by Crippen LogP contribution is -2.53. The fraction of sp³-hybridized carbons (Fsp3) is 0.296. The Morgan fingerprint density at radius 2 is 1.92 bits per heavy atom. The Bertz CT molecular complexity index is 1200. The van der Waals surface area contributed by atoms with Gasteiger partial charge in [0.05, 0.1) is 12.2 Å². The average Bonchev–Trinajstić information content (AvgIpc) is 3.39. The Morgan fingerprint density at radius 1 is 1.14 bits per heavy atom. The number of likely N-dealkylation sites (tertiary alicyclic amines) is 1. The van der Waals surface area contributed by atoms with E-state index >= 15 is 0 Å². The molecule has 1 saturated heterocycles. The summed E-state index contributed by atoms with van der Waals surface area (Å²) in [6.07, 6.45) is 2.10. The molecule has 1 fully saturated rings. The van der Waals surface area contributed by atoms with E-state index in [1.54, 1.807) is 35.2 Å². The second-order valence-electron chi connectivity index (χ2n) is 9.09. The van der Waals surface area contributed by atoms with Crippen LogP contribution in [-0.2, 0) is 4.79 Å². The van der Waals surface area contributed by atoms with Crippen LogP contribution < -0.4 is 16.0 Å². The van der Waals surface area contributed by atoms with Crippen molar-refractivity contribution in [3.8, 4) is 0 Å². The first kappa shape index (κ1) is 25.0. The SMILES string of the molecule is CC1CN(CC(C(=O)O)c2ccccc2)CCC1N(C(=O)c1ccco1)c1cccc(NC(N)=O)c1. The summed E-state index contributed by atoms with van der Waals surface area (Å²) in [7, 11) is 0. The van der Waals surface area contributed by atoms with E-state index in [0.29, 0.717) is 37.4 Å². The molecule has 1 aromatic heterocycles. The number of rotatable bonds is 8. The number of carboxylic acid groups (broad SMARTS) is 1. The summed E-state index contributed by atoms with van der Waals surface area (Å²) in [5, 5.41) is 12.4. The number of aliphatic carboxylic acids is 1. The topological polar surface area (TPSA) is 129 Å². The van der Waals surface area contributed by atoms with Crippen LogP contribution in [-0.4, -0.2) is 53.6 Å². The van der Waals surface area contributed by atoms with Gasteiger partial charge in [0.2, 0.25) is 0 Å². The van der Waals surface area contributed by atoms with Gasteiger partial charge in [0, 0.05) is 37.1 Å². The summed E-state index contributed by atoms with van der Waals surface area (Å²) < 4.78 is 5.41. The highest BCUT2D eigenvalue weighted by molar-refractivity contribution is 6.05. The minimum Gasteiger partial charge on any atom is -0.481 e. The Hall–Kier alpha value is -4.11. The highest BCUT2D eigenvalue weighted by Gasteiger charge is 2.37. The number of carbonyl (C=O) groups is 3. The summed E-state index contributed by atoms with van der Waals surface area (Å²) >= 11 is 0. The lowest BCUT2D eigenvalue weighted by molar-refractivity contribution is -0.139. The second-order valence-corrected chi connectivity index (χ2v) is 9.09. The normalized spacial score (nSPS) is 18.8. The van der Waals surface area contributed by atoms with Crippen molar-refractivity contribution in [2.75, 3.05) is 29.9 Å². The van der Waals surface area contributed by atoms with Crippen LogP contribution in [0, 0.1) is 5.92 Å². The number of nitrogens with zero attached hydrogens (tertiary/aromatic N) is 2. The summed E-state index contributed by atoms with van der Waals surface area (Å²) in [4.78, 5) is 40.8. The zero-order chi connectivity index (χ0) is 25.7. The Morgan fingerprint density at radius 3 is 2.56 bits per heavy atom. The van der Waals surface area contributed by atoms with Gasteiger partial charge in [-0.3, -0.25) is 9.59 Å². The fourth-order valence-corrected chi connectivity index (χ4v) is 4.89. The van der Waals surface area contributed by atoms with Crippen LogP contribution in [0.2, 0.25) is 0 Å². The van der Waals surface area contributed by atoms with Crippen LogP contribution in [0.1, 0.15) is 35.4 Å². The molecule has 0 spiro atoms. The summed E-state index contributed by atoms with van der Waals surface area (Å²) in [6.45, 7) is 3.71. The molecular weight excluding hydrogens is 460 g/mol. The number of nitrogens with one attached hydrogen (secondary N) is 1. The van der Waals surface area contributed by atoms with Gasteiger partial charge in [-0.2, -0.15) is 0 Å². The smallest absolute Gasteiger partial charge is 0.316 e. The molecule has 3 aromatic rings. The number of hydrogen-bond donors (Lipinski definition) is 3. The monoisotopic (exact) mass is 490 g/mol. The molecule has 36 heavy (non-hydrogen) atoms. The summed E-state index contributed by atoms with van der Waals surface area (Å²) in [5.74, 6) is -1.52. The van der Waals surface area contributed by atoms with Crippen LogP contribution in [0.15, 0.2) is 77.4 Å². The van der Waals surface area contributed by atoms with E-state index in [-0.39, 0.29) is 23.6 Å². The van der Waals surface area contributed by atoms with Gasteiger partial charge < -0.3 is 30.4 Å². The van der Waals surface area contributed by atoms with Crippen molar-refractivity contribution in [2.45, 2.75) is 25.3 Å². The molecule has 2 aromatic carbocycles. The number of anilines is 2. The van der Waals surface area contributed by atoms with E-state index in [1.165, 1.54) is 6.26 Å². The minimum absolute atomic E-state index is 0.0376. The number of piperidine rings is 1. The third kappa shape index (κ3) is 5.75. The van der Waals surface area contributed by atoms with Crippen LogP contribution in [0.5, 0.6) is 0 Å². The number of carboxylic acids is 1. The highest BCUT2D eigenvalue weighted by atomic mass is 16.4. The van der Waals surface area contributed by atoms with Crippen molar-refractivity contribution in [3.05, 3.63) is 84.3 Å². The molecule has 0 saturated carbocycles. The molecule has 1 aliphatic heterocycles. The maximum atomic E-state index is 13.5. The average molecular weight is 491 g/mol. The van der Waals surface area contributed by atoms with Crippen LogP contribution in [0.4, 0.5) is 16.2 Å². The van der Waals surface area contributed by atoms with E-state index in [0.717, 1.165) is 5.56 Å². The molecule has 1 aliphatic rings. The van der Waals surface area contributed by atoms with Crippen molar-refractivity contribution in [1.29, 1.82) is 0 Å². The number of urea groups is 1. The number of furan rings is 1. The van der Waals surface area contributed by atoms with E-state index < -0.39 is 17.9 Å². The van der Waals surface area contributed by atoms with Gasteiger partial charge in [-0.1, -0.05) is 43.3 Å². The molecule has 9 heteroatoms. The first-order chi connectivity index (χ1) is 17.3. The molecule has 4 rings (SSSR count). The number of hydrogen-bond acceptors (Lipinski definition) is 5. The van der Waals surface area contributed by atoms with Crippen molar-refractivity contribution in [3.63, 3.8) is 0 Å². The maximum Gasteiger partial charge on any atom is 0.316 e. The number of amides is 3. The molecular formula is C27H30N4O5. The van der Waals surface area contributed by atoms with Gasteiger partial charge in [0.25, 0.3) is 5.91 Å². The third-order valence-electron chi connectivity index (χ3n) is 6.56. The molecule has 3 unspecified atom stereocenters. The number of carbonyl (C=O) groups excluding carboxylic acids is 2. The molecule has 188 valence electrons. The molecule has 3 atom stereocenters. The predicted molar refractivity (Wildman–Crippen MR) is 136 cm³/mol. The molecule has 4 N–H and O–H groups in total. The number of nitrogens with two attached hydrogens (primary N) is 1. The van der Waals surface area contributed by atoms with E-state index in [9.17, 15) is 19.5 Å². The third-order valence-corrected chi connectivity index (χ3v) is 6.56. The minimum atomic E-state index is -0.857. The van der Waals surface area contributed by atoms with Gasteiger partial charge >= 0.3 is 12.0 Å². The number of primary amides is 1. The first-order valence-corrected chi connectivity index (χ1v) is 11.9. The van der Waals surface area contributed by atoms with Crippen molar-refractivity contribution >= 4 is 29.3 Å². The van der Waals surface area contributed by atoms with Crippen LogP contribution in [0.25, 0.3) is 0 Å². The molecule has 0 aliphatic carbocycles. The highest BCUT2D eigenvalue weighted by Crippen LogP contribution is 2.31. The number of benzene rings is 2. The lowest BCUT2D eigenvalue weighted by Gasteiger charge is -2.43. The second kappa shape index (κ2) is 11.1. The molecule has 0 bridgehead atoms. The summed E-state index contributed by atoms with van der Waals surface area (Å²) in [6, 6.07) is 18.6. The van der Waals surface area contributed by atoms with Crippen molar-refractivity contribution < 1.29 is 23.9 Å². The maximum absolute atomic E-state index is 13.5. The first-order valence-electron chi connectivity index (χ1n) is 11.9. The standard InChI is InChI=1S/C27H30N4O5/c1-18-16-30(17-22(26(33)34)19-7-3-2-4-8-19)13-12-23(18)31(25(32)24-11-6-14-36-24)21-10-5-9-20(15-21)29-27(28)35/h2-11,14-15,18,22-23H,12-13,16-17H2,1H3,(H,33,34)(H3,28,29,35). The van der Waals surface area contributed by atoms with E-state index in [1.807, 2.05) is 36.4 Å².